The Hall–Kier alpha value is -0.0400. The lowest BCUT2D eigenvalue weighted by atomic mass is 10.1. The van der Waals surface area contributed by atoms with Gasteiger partial charge in [-0.25, -0.2) is 0 Å². The zero-order valence-electron chi connectivity index (χ0n) is 14.8. The van der Waals surface area contributed by atoms with E-state index in [0.717, 1.165) is 19.6 Å². The Morgan fingerprint density at radius 2 is 0.905 bits per heavy atom. The SMILES string of the molecule is [CH2]CCCCCCCCCCOCCCCCCCCC. The summed E-state index contributed by atoms with van der Waals surface area (Å²) in [6, 6.07) is 0. The molecule has 0 aliphatic heterocycles. The lowest BCUT2D eigenvalue weighted by Gasteiger charge is -2.05. The van der Waals surface area contributed by atoms with E-state index in [-0.39, 0.29) is 0 Å². The molecule has 0 amide bonds. The molecule has 0 atom stereocenters. The normalized spacial score (nSPS) is 11.1. The third kappa shape index (κ3) is 20.0. The molecule has 0 aromatic carbocycles. The van der Waals surface area contributed by atoms with E-state index in [1.54, 1.807) is 0 Å². The summed E-state index contributed by atoms with van der Waals surface area (Å²) in [5.41, 5.74) is 0. The van der Waals surface area contributed by atoms with Crippen molar-refractivity contribution in [3.63, 3.8) is 0 Å². The summed E-state index contributed by atoms with van der Waals surface area (Å²) < 4.78 is 5.71. The summed E-state index contributed by atoms with van der Waals surface area (Å²) in [5.74, 6) is 0. The molecule has 0 N–H and O–H groups in total. The van der Waals surface area contributed by atoms with Gasteiger partial charge in [0.05, 0.1) is 0 Å². The van der Waals surface area contributed by atoms with Crippen LogP contribution in [0.15, 0.2) is 0 Å². The van der Waals surface area contributed by atoms with Gasteiger partial charge in [0.25, 0.3) is 0 Å². The van der Waals surface area contributed by atoms with Crippen molar-refractivity contribution in [2.24, 2.45) is 0 Å². The Kier molecular flexibility index (Phi) is 19.9. The molecule has 0 unspecified atom stereocenters. The summed E-state index contributed by atoms with van der Waals surface area (Å²) in [6.45, 7) is 8.13. The second kappa shape index (κ2) is 20.0. The van der Waals surface area contributed by atoms with Crippen LogP contribution >= 0.6 is 0 Å². The van der Waals surface area contributed by atoms with Crippen molar-refractivity contribution < 1.29 is 4.74 Å². The van der Waals surface area contributed by atoms with Crippen LogP contribution in [0.5, 0.6) is 0 Å². The van der Waals surface area contributed by atoms with E-state index in [1.165, 1.54) is 96.3 Å². The molecule has 0 spiro atoms. The number of hydrogen-bond acceptors (Lipinski definition) is 1. The molecule has 0 rings (SSSR count). The highest BCUT2D eigenvalue weighted by Crippen LogP contribution is 2.10. The molecule has 0 aliphatic carbocycles. The lowest BCUT2D eigenvalue weighted by molar-refractivity contribution is 0.125. The van der Waals surface area contributed by atoms with Gasteiger partial charge in [-0.05, 0) is 12.8 Å². The van der Waals surface area contributed by atoms with Crippen molar-refractivity contribution in [3.05, 3.63) is 6.92 Å². The van der Waals surface area contributed by atoms with Crippen LogP contribution in [0.1, 0.15) is 110 Å². The van der Waals surface area contributed by atoms with Crippen LogP contribution in [0.25, 0.3) is 0 Å². The van der Waals surface area contributed by atoms with Crippen LogP contribution in [0.2, 0.25) is 0 Å². The van der Waals surface area contributed by atoms with Crippen LogP contribution in [0.3, 0.4) is 0 Å². The van der Waals surface area contributed by atoms with E-state index >= 15 is 0 Å². The molecule has 0 bridgehead atoms. The van der Waals surface area contributed by atoms with Gasteiger partial charge in [0.15, 0.2) is 0 Å². The first-order valence-electron chi connectivity index (χ1n) is 9.78. The van der Waals surface area contributed by atoms with Crippen LogP contribution in [0.4, 0.5) is 0 Å². The number of rotatable bonds is 18. The first kappa shape index (κ1) is 21.0. The molecular weight excluding hydrogens is 256 g/mol. The van der Waals surface area contributed by atoms with Crippen LogP contribution < -0.4 is 0 Å². The molecule has 1 nitrogen and oxygen atoms in total. The van der Waals surface area contributed by atoms with Gasteiger partial charge in [-0.15, -0.1) is 0 Å². The van der Waals surface area contributed by atoms with Gasteiger partial charge < -0.3 is 4.74 Å². The average molecular weight is 298 g/mol. The summed E-state index contributed by atoms with van der Waals surface area (Å²) >= 11 is 0. The molecular formula is C20H41O. The Balaban J connectivity index is 2.90. The molecule has 0 fully saturated rings. The van der Waals surface area contributed by atoms with E-state index in [9.17, 15) is 0 Å². The van der Waals surface area contributed by atoms with E-state index in [1.807, 2.05) is 0 Å². The largest absolute Gasteiger partial charge is 0.381 e. The first-order valence-corrected chi connectivity index (χ1v) is 9.78. The third-order valence-corrected chi connectivity index (χ3v) is 4.18. The maximum absolute atomic E-state index is 5.71. The van der Waals surface area contributed by atoms with E-state index in [2.05, 4.69) is 13.8 Å². The summed E-state index contributed by atoms with van der Waals surface area (Å²) in [7, 11) is 0. The minimum absolute atomic E-state index is 0.983. The van der Waals surface area contributed by atoms with Gasteiger partial charge in [0.1, 0.15) is 0 Å². The van der Waals surface area contributed by atoms with Crippen molar-refractivity contribution in [3.8, 4) is 0 Å². The highest BCUT2D eigenvalue weighted by Gasteiger charge is 1.94. The monoisotopic (exact) mass is 297 g/mol. The van der Waals surface area contributed by atoms with Gasteiger partial charge in [-0.3, -0.25) is 0 Å². The molecule has 0 saturated heterocycles. The maximum Gasteiger partial charge on any atom is 0.0466 e. The van der Waals surface area contributed by atoms with Gasteiger partial charge in [-0.2, -0.15) is 0 Å². The van der Waals surface area contributed by atoms with Crippen molar-refractivity contribution in [1.82, 2.24) is 0 Å². The second-order valence-electron chi connectivity index (χ2n) is 6.42. The molecule has 21 heavy (non-hydrogen) atoms. The summed E-state index contributed by atoms with van der Waals surface area (Å²) in [4.78, 5) is 0. The quantitative estimate of drug-likeness (QED) is 0.245. The Labute approximate surface area is 135 Å². The number of ether oxygens (including phenoxy) is 1. The van der Waals surface area contributed by atoms with Crippen LogP contribution in [-0.4, -0.2) is 13.2 Å². The molecule has 0 aromatic heterocycles. The van der Waals surface area contributed by atoms with Gasteiger partial charge in [-0.1, -0.05) is 104 Å². The van der Waals surface area contributed by atoms with E-state index in [4.69, 9.17) is 4.74 Å². The first-order chi connectivity index (χ1) is 10.4. The van der Waals surface area contributed by atoms with Crippen molar-refractivity contribution >= 4 is 0 Å². The zero-order chi connectivity index (χ0) is 15.4. The second-order valence-corrected chi connectivity index (χ2v) is 6.42. The maximum atomic E-state index is 5.71. The molecule has 0 saturated carbocycles. The van der Waals surface area contributed by atoms with E-state index in [0.29, 0.717) is 0 Å². The van der Waals surface area contributed by atoms with Gasteiger partial charge in [0.2, 0.25) is 0 Å². The lowest BCUT2D eigenvalue weighted by Crippen LogP contribution is -1.97. The predicted octanol–water partition coefficient (Wildman–Crippen LogP) is 7.10. The predicted molar refractivity (Wildman–Crippen MR) is 95.7 cm³/mol. The number of hydrogen-bond donors (Lipinski definition) is 0. The highest BCUT2D eigenvalue weighted by atomic mass is 16.5. The average Bonchev–Trinajstić information content (AvgIpc) is 2.50. The highest BCUT2D eigenvalue weighted by molar-refractivity contribution is 4.48. The Morgan fingerprint density at radius 3 is 1.33 bits per heavy atom. The van der Waals surface area contributed by atoms with Crippen molar-refractivity contribution in [2.45, 2.75) is 110 Å². The smallest absolute Gasteiger partial charge is 0.0466 e. The van der Waals surface area contributed by atoms with Gasteiger partial charge >= 0.3 is 0 Å². The van der Waals surface area contributed by atoms with Crippen molar-refractivity contribution in [1.29, 1.82) is 0 Å². The molecule has 127 valence electrons. The third-order valence-electron chi connectivity index (χ3n) is 4.18. The van der Waals surface area contributed by atoms with Crippen LogP contribution in [-0.2, 0) is 4.74 Å². The molecule has 0 aromatic rings. The zero-order valence-corrected chi connectivity index (χ0v) is 14.8. The standard InChI is InChI=1S/C20H41O/c1-3-5-7-9-11-12-14-16-18-20-21-19-17-15-13-10-8-6-4-2/h1,3-20H2,2H3. The Bertz CT molecular complexity index is 149. The fraction of sp³-hybridized carbons (Fsp3) is 0.950. The minimum atomic E-state index is 0.983. The fourth-order valence-corrected chi connectivity index (χ4v) is 2.70. The Morgan fingerprint density at radius 1 is 0.524 bits per heavy atom. The summed E-state index contributed by atoms with van der Waals surface area (Å²) in [5, 5.41) is 0. The molecule has 0 heterocycles. The molecule has 0 aliphatic rings. The minimum Gasteiger partial charge on any atom is -0.381 e. The molecule has 1 heteroatoms. The van der Waals surface area contributed by atoms with E-state index < -0.39 is 0 Å². The topological polar surface area (TPSA) is 9.23 Å². The fourth-order valence-electron chi connectivity index (χ4n) is 2.70. The van der Waals surface area contributed by atoms with Crippen molar-refractivity contribution in [2.75, 3.05) is 13.2 Å². The summed E-state index contributed by atoms with van der Waals surface area (Å²) in [6.07, 6.45) is 21.7. The molecule has 1 radical (unpaired) electrons. The number of unbranched alkanes of at least 4 members (excludes halogenated alkanes) is 14. The van der Waals surface area contributed by atoms with Crippen LogP contribution in [0, 0.1) is 6.92 Å². The van der Waals surface area contributed by atoms with Gasteiger partial charge in [0, 0.05) is 13.2 Å².